The van der Waals surface area contributed by atoms with Crippen molar-refractivity contribution in [3.63, 3.8) is 0 Å². The Kier molecular flexibility index (Phi) is 16.6. The summed E-state index contributed by atoms with van der Waals surface area (Å²) in [7, 11) is 0. The zero-order chi connectivity index (χ0) is 52.6. The number of nitrogens with one attached hydrogen (secondary N) is 4. The molecule has 0 saturated heterocycles. The molecule has 7 rings (SSSR count). The minimum absolute atomic E-state index is 0.0874. The average molecular weight is 1010 g/mol. The van der Waals surface area contributed by atoms with Crippen molar-refractivity contribution in [2.75, 3.05) is 18.4 Å². The van der Waals surface area contributed by atoms with Crippen molar-refractivity contribution in [1.29, 1.82) is 0 Å². The van der Waals surface area contributed by atoms with Crippen LogP contribution in [0.25, 0.3) is 22.3 Å². The summed E-state index contributed by atoms with van der Waals surface area (Å²) < 4.78 is 18.3. The number of aromatic hydroxyl groups is 1. The lowest BCUT2D eigenvalue weighted by Crippen LogP contribution is -2.54. The normalized spacial score (nSPS) is 16.3. The summed E-state index contributed by atoms with van der Waals surface area (Å²) in [4.78, 5) is 122. The number of benzene rings is 2. The Morgan fingerprint density at radius 3 is 2.32 bits per heavy atom. The predicted molar refractivity (Wildman–Crippen MR) is 264 cm³/mol. The molecule has 386 valence electrons. The number of amides is 7. The summed E-state index contributed by atoms with van der Waals surface area (Å²) in [5, 5.41) is 21.8. The second-order valence-electron chi connectivity index (χ2n) is 18.5. The van der Waals surface area contributed by atoms with Gasteiger partial charge in [-0.25, -0.2) is 19.4 Å². The smallest absolute Gasteiger partial charge is 0.508 e. The molecule has 21 heteroatoms. The summed E-state index contributed by atoms with van der Waals surface area (Å²) in [5.41, 5.74) is 7.25. The number of rotatable bonds is 22. The maximum atomic E-state index is 14.1. The van der Waals surface area contributed by atoms with Gasteiger partial charge in [0.2, 0.25) is 23.3 Å². The minimum Gasteiger partial charge on any atom is -0.508 e. The van der Waals surface area contributed by atoms with Gasteiger partial charge in [-0.2, -0.15) is 0 Å². The quantitative estimate of drug-likeness (QED) is 0.0314. The molecule has 0 saturated carbocycles. The van der Waals surface area contributed by atoms with Crippen LogP contribution in [-0.4, -0.2) is 92.4 Å². The van der Waals surface area contributed by atoms with Gasteiger partial charge in [0.05, 0.1) is 29.0 Å². The average Bonchev–Trinajstić information content (AvgIpc) is 3.89. The number of imide groups is 1. The van der Waals surface area contributed by atoms with Gasteiger partial charge in [0, 0.05) is 53.9 Å². The summed E-state index contributed by atoms with van der Waals surface area (Å²) in [6.07, 6.45) is 4.41. The van der Waals surface area contributed by atoms with Crippen molar-refractivity contribution in [3.05, 3.63) is 98.9 Å². The van der Waals surface area contributed by atoms with E-state index in [1.807, 2.05) is 6.92 Å². The van der Waals surface area contributed by atoms with Crippen molar-refractivity contribution in [1.82, 2.24) is 30.4 Å². The highest BCUT2D eigenvalue weighted by molar-refractivity contribution is 6.12. The Morgan fingerprint density at radius 2 is 1.63 bits per heavy atom. The van der Waals surface area contributed by atoms with Crippen molar-refractivity contribution in [2.24, 2.45) is 11.7 Å². The van der Waals surface area contributed by atoms with Crippen molar-refractivity contribution in [2.45, 2.75) is 123 Å². The molecule has 0 radical (unpaired) electrons. The van der Waals surface area contributed by atoms with Gasteiger partial charge < -0.3 is 50.9 Å². The molecule has 4 aromatic rings. The van der Waals surface area contributed by atoms with Crippen LogP contribution in [-0.2, 0) is 74.8 Å². The summed E-state index contributed by atoms with van der Waals surface area (Å²) in [6.45, 7) is 7.18. The van der Waals surface area contributed by atoms with Gasteiger partial charge in [0.15, 0.2) is 0 Å². The number of pyridine rings is 2. The van der Waals surface area contributed by atoms with Crippen molar-refractivity contribution >= 4 is 64.3 Å². The number of phenolic OH excluding ortho intramolecular Hbond substituents is 1. The van der Waals surface area contributed by atoms with E-state index in [4.69, 9.17) is 24.9 Å². The fourth-order valence-corrected chi connectivity index (χ4v) is 9.32. The number of aryl methyl sites for hydroxylation is 1. The maximum absolute atomic E-state index is 14.1. The Bertz CT molecular complexity index is 2910. The number of anilines is 1. The van der Waals surface area contributed by atoms with E-state index in [-0.39, 0.29) is 92.6 Å². The van der Waals surface area contributed by atoms with Gasteiger partial charge in [-0.15, -0.1) is 0 Å². The first kappa shape index (κ1) is 52.7. The third kappa shape index (κ3) is 11.8. The molecule has 73 heavy (non-hydrogen) atoms. The minimum atomic E-state index is -2.02. The number of urea groups is 1. The molecule has 0 aliphatic carbocycles. The third-order valence-corrected chi connectivity index (χ3v) is 13.2. The second kappa shape index (κ2) is 23.0. The van der Waals surface area contributed by atoms with E-state index in [1.165, 1.54) is 18.2 Å². The molecule has 3 aliphatic heterocycles. The molecule has 3 atom stereocenters. The van der Waals surface area contributed by atoms with Crippen LogP contribution in [0.4, 0.5) is 15.3 Å². The molecular formula is C52H60N8O13. The number of unbranched alkanes of at least 4 members (excludes halogenated alkanes) is 3. The number of cyclic esters (lactones) is 1. The predicted octanol–water partition coefficient (Wildman–Crippen LogP) is 4.60. The zero-order valence-electron chi connectivity index (χ0n) is 41.2. The Morgan fingerprint density at radius 1 is 0.890 bits per heavy atom. The maximum Gasteiger partial charge on any atom is 0.510 e. The Labute approximate surface area is 420 Å². The molecule has 0 bridgehead atoms. The Hall–Kier alpha value is -8.10. The molecule has 0 spiro atoms. The second-order valence-corrected chi connectivity index (χ2v) is 18.5. The lowest BCUT2D eigenvalue weighted by molar-refractivity contribution is -0.175. The molecule has 7 N–H and O–H groups in total. The number of nitrogens with zero attached hydrogens (tertiary/aromatic N) is 3. The SMILES string of the molecule is CCc1c2c(nc3ccc(O)cc13)-c1cc3c(c(=O)n1C2)COC(=O)[C@@]3(CC)OC(=O)OCc1ccc(NC(=O)[C@H](CCCCNC(N)=O)NC(=O)[C@@H](NC(=O)CCCCCN2C(=O)C=CC2=O)C(C)C)cc1. The van der Waals surface area contributed by atoms with Gasteiger partial charge in [-0.1, -0.05) is 46.2 Å². The number of carbonyl (C=O) groups is 8. The molecule has 0 unspecified atom stereocenters. The summed E-state index contributed by atoms with van der Waals surface area (Å²) >= 11 is 0. The first-order valence-corrected chi connectivity index (χ1v) is 24.5. The highest BCUT2D eigenvalue weighted by Crippen LogP contribution is 2.42. The number of nitrogens with two attached hydrogens (primary N) is 1. The van der Waals surface area contributed by atoms with E-state index in [0.717, 1.165) is 21.4 Å². The van der Waals surface area contributed by atoms with E-state index in [2.05, 4.69) is 21.3 Å². The van der Waals surface area contributed by atoms with Crippen molar-refractivity contribution in [3.8, 4) is 17.1 Å². The molecule has 21 nitrogen and oxygen atoms in total. The topological polar surface area (TPSA) is 297 Å². The fourth-order valence-electron chi connectivity index (χ4n) is 9.32. The highest BCUT2D eigenvalue weighted by atomic mass is 16.7. The van der Waals surface area contributed by atoms with Gasteiger partial charge in [0.25, 0.3) is 17.4 Å². The van der Waals surface area contributed by atoms with Gasteiger partial charge in [-0.05, 0) is 98.4 Å². The molecule has 7 amide bonds. The van der Waals surface area contributed by atoms with Gasteiger partial charge in [-0.3, -0.25) is 33.7 Å². The number of phenols is 1. The van der Waals surface area contributed by atoms with Crippen LogP contribution >= 0.6 is 0 Å². The molecule has 2 aromatic carbocycles. The first-order valence-electron chi connectivity index (χ1n) is 24.5. The van der Waals surface area contributed by atoms with Crippen LogP contribution < -0.4 is 32.6 Å². The molecule has 0 fully saturated rings. The van der Waals surface area contributed by atoms with Crippen LogP contribution in [0.2, 0.25) is 0 Å². The monoisotopic (exact) mass is 1000 g/mol. The molecule has 5 heterocycles. The van der Waals surface area contributed by atoms with E-state index in [1.54, 1.807) is 67.8 Å². The Balaban J connectivity index is 0.972. The van der Waals surface area contributed by atoms with E-state index < -0.39 is 53.2 Å². The highest BCUT2D eigenvalue weighted by Gasteiger charge is 2.51. The zero-order valence-corrected chi connectivity index (χ0v) is 41.2. The number of hydrogen-bond donors (Lipinski definition) is 6. The number of esters is 1. The van der Waals surface area contributed by atoms with E-state index in [9.17, 15) is 48.3 Å². The van der Waals surface area contributed by atoms with Gasteiger partial charge >= 0.3 is 18.2 Å². The lowest BCUT2D eigenvalue weighted by atomic mass is 9.85. The number of fused-ring (bicyclic) bond motifs is 5. The molecule has 2 aromatic heterocycles. The standard InChI is InChI=1S/C52H60N8O13/c1-5-33-34-24-32(61)18-19-38(34)56-45-35(33)26-60-40(45)25-37-36(48(60)67)28-71-49(68)52(37,6-2)73-51(70)72-27-30-14-16-31(17-15-30)55-46(65)39(12-9-10-22-54-50(53)69)57-47(66)44(29(3)4)58-41(62)13-8-7-11-23-59-42(63)20-21-43(59)64/h14-21,24-25,29,39,44,61H,5-13,22-23,26-28H2,1-4H3,(H,55,65)(H,57,66)(H,58,62)(H3,53,54,69)/t39-,44-,52-/m0/s1. The molecule has 3 aliphatic rings. The van der Waals surface area contributed by atoms with E-state index in [0.29, 0.717) is 66.7 Å². The largest absolute Gasteiger partial charge is 0.510 e. The number of ether oxygens (including phenoxy) is 3. The third-order valence-electron chi connectivity index (χ3n) is 13.2. The number of primary amides is 1. The van der Waals surface area contributed by atoms with E-state index >= 15 is 0 Å². The lowest BCUT2D eigenvalue weighted by Gasteiger charge is -2.35. The van der Waals surface area contributed by atoms with Gasteiger partial charge in [0.1, 0.15) is 31.0 Å². The number of aromatic nitrogens is 2. The van der Waals surface area contributed by atoms with Crippen molar-refractivity contribution < 1.29 is 57.7 Å². The van der Waals surface area contributed by atoms with Crippen LogP contribution in [0, 0.1) is 5.92 Å². The summed E-state index contributed by atoms with van der Waals surface area (Å²) in [5.74, 6) is -3.38. The first-order chi connectivity index (χ1) is 34.9. The van der Waals surface area contributed by atoms with Crippen LogP contribution in [0.3, 0.4) is 0 Å². The summed E-state index contributed by atoms with van der Waals surface area (Å²) in [6, 6.07) is 10.1. The fraction of sp³-hybridized carbons (Fsp3) is 0.423. The van der Waals surface area contributed by atoms with Crippen LogP contribution in [0.15, 0.2) is 65.5 Å². The number of carbonyl (C=O) groups excluding carboxylic acids is 8. The number of hydrogen-bond acceptors (Lipinski definition) is 14. The van der Waals surface area contributed by atoms with Crippen LogP contribution in [0.1, 0.15) is 107 Å². The molecular weight excluding hydrogens is 945 g/mol. The van der Waals surface area contributed by atoms with Crippen LogP contribution in [0.5, 0.6) is 5.75 Å².